The molecule has 0 aromatic heterocycles. The maximum atomic E-state index is 13.5. The van der Waals surface area contributed by atoms with Crippen LogP contribution in [0.2, 0.25) is 5.02 Å². The van der Waals surface area contributed by atoms with E-state index in [1.54, 1.807) is 12.1 Å². The fraction of sp³-hybridized carbons (Fsp3) is 0.269. The molecule has 1 atom stereocenters. The van der Waals surface area contributed by atoms with Crippen molar-refractivity contribution in [1.29, 1.82) is 0 Å². The third kappa shape index (κ3) is 5.75. The highest BCUT2D eigenvalue weighted by Gasteiger charge is 2.28. The number of carbonyl (C=O) groups is 1. The molecule has 1 N–H and O–H groups in total. The van der Waals surface area contributed by atoms with Crippen LogP contribution in [0, 0.1) is 27.7 Å². The molecule has 0 fully saturated rings. The number of rotatable bonds is 7. The summed E-state index contributed by atoms with van der Waals surface area (Å²) in [7, 11) is -4.00. The quantitative estimate of drug-likeness (QED) is 0.471. The molecule has 0 saturated carbocycles. The topological polar surface area (TPSA) is 66.5 Å². The van der Waals surface area contributed by atoms with Gasteiger partial charge in [0.25, 0.3) is 10.0 Å². The highest BCUT2D eigenvalue weighted by atomic mass is 35.5. The van der Waals surface area contributed by atoms with Gasteiger partial charge in [-0.25, -0.2) is 8.42 Å². The van der Waals surface area contributed by atoms with E-state index in [1.165, 1.54) is 24.3 Å². The van der Waals surface area contributed by atoms with Crippen molar-refractivity contribution in [3.05, 3.63) is 93.5 Å². The molecule has 5 nitrogen and oxygen atoms in total. The molecule has 0 aliphatic carbocycles. The molecule has 0 unspecified atom stereocenters. The van der Waals surface area contributed by atoms with Crippen molar-refractivity contribution in [2.45, 2.75) is 45.6 Å². The largest absolute Gasteiger partial charge is 0.348 e. The monoisotopic (exact) mass is 484 g/mol. The van der Waals surface area contributed by atoms with Crippen molar-refractivity contribution in [3.8, 4) is 0 Å². The van der Waals surface area contributed by atoms with Gasteiger partial charge in [-0.05, 0) is 93.3 Å². The lowest BCUT2D eigenvalue weighted by molar-refractivity contribution is -0.120. The molecule has 0 bridgehead atoms. The average molecular weight is 485 g/mol. The Kier molecular flexibility index (Phi) is 7.50. The van der Waals surface area contributed by atoms with Crippen LogP contribution in [-0.2, 0) is 14.8 Å². The first-order valence-electron chi connectivity index (χ1n) is 10.7. The van der Waals surface area contributed by atoms with E-state index in [0.717, 1.165) is 32.1 Å². The number of sulfonamides is 1. The van der Waals surface area contributed by atoms with Crippen molar-refractivity contribution in [3.63, 3.8) is 0 Å². The van der Waals surface area contributed by atoms with Crippen molar-refractivity contribution < 1.29 is 13.2 Å². The first-order valence-corrected chi connectivity index (χ1v) is 12.5. The Morgan fingerprint density at radius 3 is 2.18 bits per heavy atom. The minimum atomic E-state index is -4.00. The minimum Gasteiger partial charge on any atom is -0.348 e. The zero-order chi connectivity index (χ0) is 24.3. The van der Waals surface area contributed by atoms with E-state index < -0.39 is 15.9 Å². The molecule has 0 heterocycles. The van der Waals surface area contributed by atoms with Crippen LogP contribution in [0.25, 0.3) is 0 Å². The summed E-state index contributed by atoms with van der Waals surface area (Å²) in [5.41, 5.74) is 5.62. The molecule has 0 radical (unpaired) electrons. The SMILES string of the molecule is Cc1ccc([C@@H](C)NC(=O)CN(c2ccc(C)c(C)c2)S(=O)(=O)c2ccc(Cl)cc2)c(C)c1. The van der Waals surface area contributed by atoms with Gasteiger partial charge in [0, 0.05) is 5.02 Å². The van der Waals surface area contributed by atoms with Gasteiger partial charge >= 0.3 is 0 Å². The number of carbonyl (C=O) groups excluding carboxylic acids is 1. The third-order valence-corrected chi connectivity index (χ3v) is 7.78. The molecular weight excluding hydrogens is 456 g/mol. The second kappa shape index (κ2) is 9.98. The normalized spacial score (nSPS) is 12.3. The van der Waals surface area contributed by atoms with Crippen LogP contribution in [0.3, 0.4) is 0 Å². The smallest absolute Gasteiger partial charge is 0.264 e. The van der Waals surface area contributed by atoms with E-state index in [-0.39, 0.29) is 17.5 Å². The Morgan fingerprint density at radius 2 is 1.58 bits per heavy atom. The van der Waals surface area contributed by atoms with Crippen LogP contribution in [0.5, 0.6) is 0 Å². The number of nitrogens with one attached hydrogen (secondary N) is 1. The van der Waals surface area contributed by atoms with Crippen LogP contribution in [0.4, 0.5) is 5.69 Å². The molecule has 33 heavy (non-hydrogen) atoms. The molecule has 0 spiro atoms. The fourth-order valence-corrected chi connectivity index (χ4v) is 5.28. The van der Waals surface area contributed by atoms with Crippen LogP contribution >= 0.6 is 11.6 Å². The molecule has 7 heteroatoms. The van der Waals surface area contributed by atoms with Crippen molar-refractivity contribution in [2.24, 2.45) is 0 Å². The van der Waals surface area contributed by atoms with E-state index >= 15 is 0 Å². The summed E-state index contributed by atoms with van der Waals surface area (Å²) in [6.07, 6.45) is 0. The van der Waals surface area contributed by atoms with Crippen LogP contribution < -0.4 is 9.62 Å². The maximum Gasteiger partial charge on any atom is 0.264 e. The van der Waals surface area contributed by atoms with Crippen molar-refractivity contribution >= 4 is 33.2 Å². The van der Waals surface area contributed by atoms with Gasteiger partial charge in [0.1, 0.15) is 6.54 Å². The van der Waals surface area contributed by atoms with Gasteiger partial charge < -0.3 is 5.32 Å². The average Bonchev–Trinajstić information content (AvgIpc) is 2.74. The minimum absolute atomic E-state index is 0.0698. The second-order valence-corrected chi connectivity index (χ2v) is 10.7. The number of benzene rings is 3. The first-order chi connectivity index (χ1) is 15.5. The Morgan fingerprint density at radius 1 is 0.909 bits per heavy atom. The summed E-state index contributed by atoms with van der Waals surface area (Å²) in [6.45, 7) is 9.43. The molecule has 3 rings (SSSR count). The number of anilines is 1. The van der Waals surface area contributed by atoms with Gasteiger partial charge in [-0.3, -0.25) is 9.10 Å². The lowest BCUT2D eigenvalue weighted by Gasteiger charge is -2.26. The molecule has 0 saturated heterocycles. The van der Waals surface area contributed by atoms with E-state index in [0.29, 0.717) is 10.7 Å². The van der Waals surface area contributed by atoms with Gasteiger partial charge in [-0.15, -0.1) is 0 Å². The zero-order valence-corrected chi connectivity index (χ0v) is 21.1. The molecule has 0 aliphatic rings. The molecular formula is C26H29ClN2O3S. The lowest BCUT2D eigenvalue weighted by atomic mass is 10.0. The van der Waals surface area contributed by atoms with Gasteiger partial charge in [0.2, 0.25) is 5.91 Å². The van der Waals surface area contributed by atoms with Crippen molar-refractivity contribution in [2.75, 3.05) is 10.8 Å². The van der Waals surface area contributed by atoms with E-state index in [4.69, 9.17) is 11.6 Å². The first kappa shape index (κ1) is 24.8. The van der Waals surface area contributed by atoms with Gasteiger partial charge in [-0.1, -0.05) is 41.4 Å². The summed E-state index contributed by atoms with van der Waals surface area (Å²) in [5, 5.41) is 3.39. The third-order valence-electron chi connectivity index (χ3n) is 5.74. The number of hydrogen-bond acceptors (Lipinski definition) is 3. The summed E-state index contributed by atoms with van der Waals surface area (Å²) in [4.78, 5) is 13.1. The molecule has 3 aromatic rings. The number of amides is 1. The maximum absolute atomic E-state index is 13.5. The van der Waals surface area contributed by atoms with E-state index in [9.17, 15) is 13.2 Å². The Bertz CT molecular complexity index is 1270. The van der Waals surface area contributed by atoms with Crippen LogP contribution in [0.1, 0.15) is 40.8 Å². The van der Waals surface area contributed by atoms with Crippen LogP contribution in [0.15, 0.2) is 65.6 Å². The predicted molar refractivity (Wildman–Crippen MR) is 134 cm³/mol. The number of halogens is 1. The molecule has 174 valence electrons. The predicted octanol–water partition coefficient (Wildman–Crippen LogP) is 5.65. The Balaban J connectivity index is 1.93. The summed E-state index contributed by atoms with van der Waals surface area (Å²) in [6, 6.07) is 17.1. The highest BCUT2D eigenvalue weighted by Crippen LogP contribution is 2.27. The summed E-state index contributed by atoms with van der Waals surface area (Å²) in [5.74, 6) is -0.391. The highest BCUT2D eigenvalue weighted by molar-refractivity contribution is 7.92. The van der Waals surface area contributed by atoms with Gasteiger partial charge in [0.05, 0.1) is 16.6 Å². The zero-order valence-electron chi connectivity index (χ0n) is 19.5. The number of hydrogen-bond donors (Lipinski definition) is 1. The second-order valence-electron chi connectivity index (χ2n) is 8.38. The van der Waals surface area contributed by atoms with Gasteiger partial charge in [0.15, 0.2) is 0 Å². The number of aryl methyl sites for hydroxylation is 4. The van der Waals surface area contributed by atoms with Gasteiger partial charge in [-0.2, -0.15) is 0 Å². The van der Waals surface area contributed by atoms with E-state index in [2.05, 4.69) is 11.4 Å². The molecule has 3 aromatic carbocycles. The lowest BCUT2D eigenvalue weighted by Crippen LogP contribution is -2.41. The van der Waals surface area contributed by atoms with Crippen molar-refractivity contribution in [1.82, 2.24) is 5.32 Å². The number of nitrogens with zero attached hydrogens (tertiary/aromatic N) is 1. The fourth-order valence-electron chi connectivity index (χ4n) is 3.74. The Hall–Kier alpha value is -2.83. The Labute approximate surface area is 201 Å². The van der Waals surface area contributed by atoms with E-state index in [1.807, 2.05) is 52.8 Å². The summed E-state index contributed by atoms with van der Waals surface area (Å²) >= 11 is 5.95. The molecule has 1 amide bonds. The molecule has 0 aliphatic heterocycles. The standard InChI is InChI=1S/C26H29ClN2O3S/c1-17-6-13-25(20(4)14-17)21(5)28-26(30)16-29(23-10-7-18(2)19(3)15-23)33(31,32)24-11-8-22(27)9-12-24/h6-15,21H,16H2,1-5H3,(H,28,30)/t21-/m1/s1. The van der Waals surface area contributed by atoms with Crippen LogP contribution in [-0.4, -0.2) is 20.9 Å². The summed E-state index contributed by atoms with van der Waals surface area (Å²) < 4.78 is 28.2.